The molecule has 0 radical (unpaired) electrons. The maximum atomic E-state index is 3.38. The predicted molar refractivity (Wildman–Crippen MR) is 243 cm³/mol. The van der Waals surface area contributed by atoms with Crippen LogP contribution < -0.4 is 24.8 Å². The second-order valence-corrected chi connectivity index (χ2v) is 15.2. The van der Waals surface area contributed by atoms with Crippen LogP contribution in [0.2, 0.25) is 0 Å². The molecule has 0 amide bonds. The summed E-state index contributed by atoms with van der Waals surface area (Å²) >= 11 is 0. The maximum absolute atomic E-state index is 3.38. The van der Waals surface area contributed by atoms with Crippen molar-refractivity contribution in [2.45, 2.75) is 46.0 Å². The van der Waals surface area contributed by atoms with Gasteiger partial charge in [0.2, 0.25) is 0 Å². The molecule has 58 heavy (non-hydrogen) atoms. The average molecular weight is 871 g/mol. The number of benzene rings is 8. The summed E-state index contributed by atoms with van der Waals surface area (Å²) in [7, 11) is 0. The summed E-state index contributed by atoms with van der Waals surface area (Å²) < 4.78 is 0. The van der Waals surface area contributed by atoms with Gasteiger partial charge in [-0.1, -0.05) is 148 Å². The molecule has 0 N–H and O–H groups in total. The molecule has 10 aromatic carbocycles. The summed E-state index contributed by atoms with van der Waals surface area (Å²) in [6.45, 7) is 15.8. The first-order valence-corrected chi connectivity index (χ1v) is 19.6. The van der Waals surface area contributed by atoms with Crippen LogP contribution in [0.15, 0.2) is 170 Å². The standard InChI is InChI=1S/2C26H21.C3H6.2ClH.Zr/c2*1-17(2)21-15-20-10-7-13-24(25(20)16-21)26-22-11-5-3-8-18(22)14-19-9-4-6-12-23(19)26;1-3-2;;;/h2*3-17H,1-2H3;1-3H2;2*1H;/q2*-1;-2;;;+2/p-2. The van der Waals surface area contributed by atoms with E-state index in [1.54, 1.807) is 0 Å². The Morgan fingerprint density at radius 3 is 0.983 bits per heavy atom. The second kappa shape index (κ2) is 19.5. The molecule has 0 aliphatic heterocycles. The average Bonchev–Trinajstić information content (AvgIpc) is 3.86. The van der Waals surface area contributed by atoms with Crippen molar-refractivity contribution in [1.29, 1.82) is 0 Å². The number of hydrogen-bond acceptors (Lipinski definition) is 0. The van der Waals surface area contributed by atoms with Gasteiger partial charge >= 0.3 is 26.2 Å². The van der Waals surface area contributed by atoms with Crippen molar-refractivity contribution in [2.24, 2.45) is 0 Å². The van der Waals surface area contributed by atoms with E-state index in [9.17, 15) is 0 Å². The van der Waals surface area contributed by atoms with Gasteiger partial charge in [0.25, 0.3) is 0 Å². The predicted octanol–water partition coefficient (Wildman–Crippen LogP) is 10.4. The van der Waals surface area contributed by atoms with E-state index in [4.69, 9.17) is 0 Å². The Hall–Kier alpha value is -4.52. The second-order valence-electron chi connectivity index (χ2n) is 15.2. The molecule has 0 spiro atoms. The zero-order valence-corrected chi connectivity index (χ0v) is 37.7. The zero-order chi connectivity index (χ0) is 38.1. The molecule has 10 aromatic rings. The number of rotatable bonds is 4. The minimum atomic E-state index is 0. The third kappa shape index (κ3) is 8.60. The summed E-state index contributed by atoms with van der Waals surface area (Å²) in [4.78, 5) is 0. The normalized spacial score (nSPS) is 10.9. The molecule has 0 atom stereocenters. The molecule has 0 unspecified atom stereocenters. The van der Waals surface area contributed by atoms with Gasteiger partial charge < -0.3 is 45.1 Å². The number of hydrogen-bond donors (Lipinski definition) is 0. The Labute approximate surface area is 376 Å². The molecule has 10 rings (SSSR count). The van der Waals surface area contributed by atoms with Crippen LogP contribution in [0.25, 0.3) is 86.9 Å². The van der Waals surface area contributed by atoms with E-state index in [2.05, 4.69) is 211 Å². The topological polar surface area (TPSA) is 0 Å². The van der Waals surface area contributed by atoms with Gasteiger partial charge in [0.05, 0.1) is 0 Å². The molecule has 3 heteroatoms. The molecule has 290 valence electrons. The van der Waals surface area contributed by atoms with E-state index in [-0.39, 0.29) is 51.0 Å². The van der Waals surface area contributed by atoms with Crippen molar-refractivity contribution in [3.8, 4) is 22.3 Å². The van der Waals surface area contributed by atoms with Crippen molar-refractivity contribution in [3.63, 3.8) is 0 Å². The van der Waals surface area contributed by atoms with Crippen LogP contribution in [0.5, 0.6) is 0 Å². The minimum Gasteiger partial charge on any atom is -1.00 e. The van der Waals surface area contributed by atoms with Crippen molar-refractivity contribution < 1.29 is 51.0 Å². The third-order valence-electron chi connectivity index (χ3n) is 11.0. The first kappa shape index (κ1) is 44.6. The van der Waals surface area contributed by atoms with Gasteiger partial charge in [0, 0.05) is 0 Å². The van der Waals surface area contributed by atoms with Crippen molar-refractivity contribution in [3.05, 3.63) is 195 Å². The monoisotopic (exact) mass is 868 g/mol. The maximum Gasteiger partial charge on any atom is 2.00 e. The van der Waals surface area contributed by atoms with Crippen LogP contribution in [-0.4, -0.2) is 0 Å². The summed E-state index contributed by atoms with van der Waals surface area (Å²) in [6.07, 6.45) is 0.750. The van der Waals surface area contributed by atoms with Gasteiger partial charge in [0.15, 0.2) is 0 Å². The van der Waals surface area contributed by atoms with E-state index < -0.39 is 0 Å². The molecule has 0 aliphatic carbocycles. The van der Waals surface area contributed by atoms with Gasteiger partial charge in [0.1, 0.15) is 0 Å². The van der Waals surface area contributed by atoms with Crippen LogP contribution in [0, 0.1) is 13.8 Å². The summed E-state index contributed by atoms with van der Waals surface area (Å²) in [5.74, 6) is 1.08. The summed E-state index contributed by atoms with van der Waals surface area (Å²) in [6, 6.07) is 62.4. The molecule has 0 aliphatic rings. The Kier molecular flexibility index (Phi) is 15.0. The van der Waals surface area contributed by atoms with Crippen LogP contribution in [0.1, 0.15) is 57.1 Å². The molecule has 0 saturated heterocycles. The fraction of sp³-hybridized carbons (Fsp3) is 0.127. The smallest absolute Gasteiger partial charge is 1.00 e. The largest absolute Gasteiger partial charge is 2.00 e. The third-order valence-corrected chi connectivity index (χ3v) is 11.0. The molecular formula is C55H48Cl2Zr-4. The molecule has 0 heterocycles. The van der Waals surface area contributed by atoms with Crippen molar-refractivity contribution in [2.75, 3.05) is 0 Å². The Bertz CT molecular complexity index is 2630. The van der Waals surface area contributed by atoms with E-state index >= 15 is 0 Å². The first-order valence-electron chi connectivity index (χ1n) is 19.6. The summed E-state index contributed by atoms with van der Waals surface area (Å²) in [5, 5.41) is 15.9. The van der Waals surface area contributed by atoms with Gasteiger partial charge in [-0.05, 0) is 78.2 Å². The fourth-order valence-electron chi connectivity index (χ4n) is 8.23. The van der Waals surface area contributed by atoms with Gasteiger partial charge in [-0.25, -0.2) is 0 Å². The van der Waals surface area contributed by atoms with Crippen LogP contribution in [0.3, 0.4) is 0 Å². The zero-order valence-electron chi connectivity index (χ0n) is 33.7. The van der Waals surface area contributed by atoms with Gasteiger partial charge in [-0.2, -0.15) is 12.1 Å². The molecule has 0 aromatic heterocycles. The first-order chi connectivity index (χ1) is 26.9. The molecule has 0 saturated carbocycles. The van der Waals surface area contributed by atoms with Gasteiger partial charge in [-0.3, -0.25) is 0 Å². The van der Waals surface area contributed by atoms with E-state index in [0.29, 0.717) is 11.8 Å². The molecule has 0 nitrogen and oxygen atoms in total. The number of fused-ring (bicyclic) bond motifs is 6. The van der Waals surface area contributed by atoms with E-state index in [1.807, 2.05) is 0 Å². The number of halogens is 2. The Balaban J connectivity index is 0.000000198. The fourth-order valence-corrected chi connectivity index (χ4v) is 8.23. The van der Waals surface area contributed by atoms with Crippen LogP contribution in [-0.2, 0) is 26.2 Å². The molecule has 0 fully saturated rings. The summed E-state index contributed by atoms with van der Waals surface area (Å²) in [5.41, 5.74) is 8.20. The van der Waals surface area contributed by atoms with Crippen molar-refractivity contribution in [1.82, 2.24) is 0 Å². The SMILES string of the molecule is CC(C)c1cc2c(-c3c4ccccc4cc4ccccc34)cccc2[cH-]1.CC(C)c1cc2c(-c3c4ccccc4cc4ccccc34)cccc2[cH-]1.[CH2-]C[CH2-].[Cl-].[Cl-].[Zr+2]. The molecular weight excluding hydrogens is 823 g/mol. The van der Waals surface area contributed by atoms with E-state index in [1.165, 1.54) is 98.0 Å². The Morgan fingerprint density at radius 1 is 0.397 bits per heavy atom. The van der Waals surface area contributed by atoms with Crippen molar-refractivity contribution >= 4 is 64.6 Å². The van der Waals surface area contributed by atoms with E-state index in [0.717, 1.165) is 6.42 Å². The quantitative estimate of drug-likeness (QED) is 0.122. The van der Waals surface area contributed by atoms with Gasteiger partial charge in [-0.15, -0.1) is 69.1 Å². The minimum absolute atomic E-state index is 0. The van der Waals surface area contributed by atoms with Crippen LogP contribution in [0.4, 0.5) is 0 Å². The Morgan fingerprint density at radius 2 is 0.690 bits per heavy atom. The molecule has 0 bridgehead atoms. The van der Waals surface area contributed by atoms with Crippen LogP contribution >= 0.6 is 0 Å².